The fourth-order valence-electron chi connectivity index (χ4n) is 2.14. The SMILES string of the molecule is O=C(Nc1ncco1)N[C@@H]1CCc2[nH]ncc2C1. The first-order valence-electron chi connectivity index (χ1n) is 5.79. The van der Waals surface area contributed by atoms with E-state index in [4.69, 9.17) is 4.42 Å². The van der Waals surface area contributed by atoms with Crippen molar-refractivity contribution in [3.8, 4) is 0 Å². The smallest absolute Gasteiger partial charge is 0.323 e. The molecule has 0 saturated carbocycles. The van der Waals surface area contributed by atoms with Gasteiger partial charge in [-0.1, -0.05) is 0 Å². The van der Waals surface area contributed by atoms with Gasteiger partial charge in [-0.25, -0.2) is 9.78 Å². The number of nitrogens with one attached hydrogen (secondary N) is 3. The number of hydrogen-bond donors (Lipinski definition) is 3. The molecule has 7 heteroatoms. The van der Waals surface area contributed by atoms with Gasteiger partial charge in [-0.2, -0.15) is 5.10 Å². The van der Waals surface area contributed by atoms with Crippen molar-refractivity contribution in [2.45, 2.75) is 25.3 Å². The summed E-state index contributed by atoms with van der Waals surface area (Å²) >= 11 is 0. The molecule has 7 nitrogen and oxygen atoms in total. The number of hydrogen-bond acceptors (Lipinski definition) is 4. The Balaban J connectivity index is 1.56. The Labute approximate surface area is 103 Å². The van der Waals surface area contributed by atoms with E-state index in [1.54, 1.807) is 0 Å². The second-order valence-electron chi connectivity index (χ2n) is 4.25. The molecule has 0 unspecified atom stereocenters. The molecule has 0 bridgehead atoms. The van der Waals surface area contributed by atoms with Gasteiger partial charge in [0.2, 0.25) is 0 Å². The highest BCUT2D eigenvalue weighted by Crippen LogP contribution is 2.18. The molecule has 18 heavy (non-hydrogen) atoms. The van der Waals surface area contributed by atoms with Gasteiger partial charge in [0, 0.05) is 11.7 Å². The average Bonchev–Trinajstić information content (AvgIpc) is 2.98. The number of aryl methyl sites for hydroxylation is 1. The third-order valence-electron chi connectivity index (χ3n) is 3.00. The lowest BCUT2D eigenvalue weighted by Gasteiger charge is -2.22. The van der Waals surface area contributed by atoms with Crippen molar-refractivity contribution in [2.75, 3.05) is 5.32 Å². The largest absolute Gasteiger partial charge is 0.432 e. The summed E-state index contributed by atoms with van der Waals surface area (Å²) in [6.45, 7) is 0. The number of urea groups is 1. The zero-order valence-corrected chi connectivity index (χ0v) is 9.64. The maximum Gasteiger partial charge on any atom is 0.323 e. The van der Waals surface area contributed by atoms with Gasteiger partial charge in [-0.3, -0.25) is 10.4 Å². The van der Waals surface area contributed by atoms with Crippen LogP contribution in [0, 0.1) is 0 Å². The molecule has 0 aromatic carbocycles. The molecule has 2 aromatic heterocycles. The highest BCUT2D eigenvalue weighted by molar-refractivity contribution is 5.87. The van der Waals surface area contributed by atoms with E-state index in [0.29, 0.717) is 0 Å². The van der Waals surface area contributed by atoms with E-state index in [-0.39, 0.29) is 18.1 Å². The molecule has 0 saturated heterocycles. The second-order valence-corrected chi connectivity index (χ2v) is 4.25. The first-order chi connectivity index (χ1) is 8.81. The van der Waals surface area contributed by atoms with E-state index in [1.165, 1.54) is 23.7 Å². The average molecular weight is 247 g/mol. The van der Waals surface area contributed by atoms with Gasteiger partial charge in [0.1, 0.15) is 6.26 Å². The number of H-pyrrole nitrogens is 1. The van der Waals surface area contributed by atoms with Crippen LogP contribution in [0.5, 0.6) is 0 Å². The first-order valence-corrected chi connectivity index (χ1v) is 5.79. The maximum absolute atomic E-state index is 11.7. The van der Waals surface area contributed by atoms with Crippen molar-refractivity contribution < 1.29 is 9.21 Å². The zero-order chi connectivity index (χ0) is 12.4. The lowest BCUT2D eigenvalue weighted by Crippen LogP contribution is -2.41. The van der Waals surface area contributed by atoms with E-state index in [9.17, 15) is 4.79 Å². The van der Waals surface area contributed by atoms with Crippen LogP contribution in [0.15, 0.2) is 23.1 Å². The molecule has 2 amide bonds. The summed E-state index contributed by atoms with van der Waals surface area (Å²) in [5.41, 5.74) is 2.34. The molecule has 94 valence electrons. The molecule has 3 N–H and O–H groups in total. The van der Waals surface area contributed by atoms with Crippen LogP contribution in [0.2, 0.25) is 0 Å². The van der Waals surface area contributed by atoms with Crippen LogP contribution in [-0.4, -0.2) is 27.3 Å². The number of rotatable bonds is 2. The highest BCUT2D eigenvalue weighted by Gasteiger charge is 2.21. The zero-order valence-electron chi connectivity index (χ0n) is 9.64. The second kappa shape index (κ2) is 4.52. The normalized spacial score (nSPS) is 18.1. The summed E-state index contributed by atoms with van der Waals surface area (Å²) in [7, 11) is 0. The number of amides is 2. The van der Waals surface area contributed by atoms with Crippen LogP contribution >= 0.6 is 0 Å². The monoisotopic (exact) mass is 247 g/mol. The summed E-state index contributed by atoms with van der Waals surface area (Å²) in [4.78, 5) is 15.5. The molecule has 1 aliphatic carbocycles. The van der Waals surface area contributed by atoms with E-state index < -0.39 is 0 Å². The fourth-order valence-corrected chi connectivity index (χ4v) is 2.14. The number of anilines is 1. The van der Waals surface area contributed by atoms with Crippen LogP contribution < -0.4 is 10.6 Å². The number of aromatic amines is 1. The molecule has 0 radical (unpaired) electrons. The quantitative estimate of drug-likeness (QED) is 0.739. The lowest BCUT2D eigenvalue weighted by atomic mass is 9.94. The van der Waals surface area contributed by atoms with Crippen molar-refractivity contribution in [1.82, 2.24) is 20.5 Å². The third kappa shape index (κ3) is 2.20. The molecular formula is C11H13N5O2. The van der Waals surface area contributed by atoms with Crippen molar-refractivity contribution in [1.29, 1.82) is 0 Å². The van der Waals surface area contributed by atoms with Crippen LogP contribution in [0.1, 0.15) is 17.7 Å². The molecule has 0 spiro atoms. The van der Waals surface area contributed by atoms with Gasteiger partial charge >= 0.3 is 12.0 Å². The Morgan fingerprint density at radius 3 is 3.33 bits per heavy atom. The Kier molecular flexibility index (Phi) is 2.71. The van der Waals surface area contributed by atoms with Gasteiger partial charge in [0.15, 0.2) is 0 Å². The van der Waals surface area contributed by atoms with E-state index in [1.807, 2.05) is 6.20 Å². The first kappa shape index (κ1) is 10.8. The predicted octanol–water partition coefficient (Wildman–Crippen LogP) is 1.08. The molecule has 1 atom stereocenters. The van der Waals surface area contributed by atoms with Crippen molar-refractivity contribution >= 4 is 12.0 Å². The maximum atomic E-state index is 11.7. The van der Waals surface area contributed by atoms with Gasteiger partial charge in [0.25, 0.3) is 0 Å². The molecule has 3 rings (SSSR count). The topological polar surface area (TPSA) is 95.8 Å². The number of carbonyl (C=O) groups excluding carboxylic acids is 1. The Bertz CT molecular complexity index is 533. The summed E-state index contributed by atoms with van der Waals surface area (Å²) < 4.78 is 4.94. The predicted molar refractivity (Wildman–Crippen MR) is 63.1 cm³/mol. The minimum absolute atomic E-state index is 0.116. The van der Waals surface area contributed by atoms with Crippen molar-refractivity contribution in [2.24, 2.45) is 0 Å². The summed E-state index contributed by atoms with van der Waals surface area (Å²) in [5, 5.41) is 12.4. The summed E-state index contributed by atoms with van der Waals surface area (Å²) in [6, 6.07) is 0.0202. The minimum Gasteiger partial charge on any atom is -0.432 e. The molecule has 0 fully saturated rings. The summed E-state index contributed by atoms with van der Waals surface area (Å²) in [6.07, 6.45) is 7.30. The lowest BCUT2D eigenvalue weighted by molar-refractivity contribution is 0.246. The van der Waals surface area contributed by atoms with Crippen LogP contribution in [0.4, 0.5) is 10.8 Å². The van der Waals surface area contributed by atoms with Gasteiger partial charge in [-0.05, 0) is 24.8 Å². The Morgan fingerprint density at radius 1 is 1.56 bits per heavy atom. The van der Waals surface area contributed by atoms with Crippen molar-refractivity contribution in [3.63, 3.8) is 0 Å². The van der Waals surface area contributed by atoms with Crippen LogP contribution in [0.25, 0.3) is 0 Å². The Morgan fingerprint density at radius 2 is 2.50 bits per heavy atom. The number of nitrogens with zero attached hydrogens (tertiary/aromatic N) is 2. The molecular weight excluding hydrogens is 234 g/mol. The van der Waals surface area contributed by atoms with Crippen LogP contribution in [0.3, 0.4) is 0 Å². The van der Waals surface area contributed by atoms with Gasteiger partial charge in [-0.15, -0.1) is 0 Å². The fraction of sp³-hybridized carbons (Fsp3) is 0.364. The number of aromatic nitrogens is 3. The Hall–Kier alpha value is -2.31. The minimum atomic E-state index is -0.297. The number of carbonyl (C=O) groups is 1. The molecule has 2 aromatic rings. The number of oxazole rings is 1. The molecule has 2 heterocycles. The standard InChI is InChI=1S/C11H13N5O2/c17-10(15-11-12-3-4-18-11)14-8-1-2-9-7(5-8)6-13-16-9/h3-4,6,8H,1-2,5H2,(H,13,16)(H2,12,14,15,17)/t8-/m1/s1. The molecule has 0 aliphatic heterocycles. The van der Waals surface area contributed by atoms with Crippen molar-refractivity contribution in [3.05, 3.63) is 29.9 Å². The van der Waals surface area contributed by atoms with Gasteiger partial charge < -0.3 is 9.73 Å². The van der Waals surface area contributed by atoms with Crippen LogP contribution in [-0.2, 0) is 12.8 Å². The summed E-state index contributed by atoms with van der Waals surface area (Å²) in [5.74, 6) is 0. The molecule has 1 aliphatic rings. The van der Waals surface area contributed by atoms with E-state index in [0.717, 1.165) is 19.3 Å². The van der Waals surface area contributed by atoms with Gasteiger partial charge in [0.05, 0.1) is 12.4 Å². The van der Waals surface area contributed by atoms with E-state index >= 15 is 0 Å². The number of fused-ring (bicyclic) bond motifs is 1. The van der Waals surface area contributed by atoms with E-state index in [2.05, 4.69) is 25.8 Å². The third-order valence-corrected chi connectivity index (χ3v) is 3.00. The highest BCUT2D eigenvalue weighted by atomic mass is 16.4.